The minimum Gasteiger partial charge on any atom is -0.455 e. The third-order valence-electron chi connectivity index (χ3n) is 9.26. The highest BCUT2D eigenvalue weighted by atomic mass is 16.7. The third kappa shape index (κ3) is 3.19. The van der Waals surface area contributed by atoms with Crippen LogP contribution in [0.2, 0.25) is 0 Å². The molecule has 3 aliphatic heterocycles. The molecule has 5 heteroatoms. The molecule has 168 valence electrons. The van der Waals surface area contributed by atoms with E-state index in [4.69, 9.17) is 9.47 Å². The fourth-order valence-corrected chi connectivity index (χ4v) is 7.51. The van der Waals surface area contributed by atoms with Crippen molar-refractivity contribution in [2.45, 2.75) is 63.4 Å². The van der Waals surface area contributed by atoms with E-state index >= 15 is 0 Å². The minimum absolute atomic E-state index is 0.0159. The number of hydrogen-bond acceptors (Lipinski definition) is 5. The molecule has 7 atom stereocenters. The number of ether oxygens (including phenoxy) is 2. The summed E-state index contributed by atoms with van der Waals surface area (Å²) in [5.74, 6) is 1.50. The number of epoxide rings is 1. The van der Waals surface area contributed by atoms with Gasteiger partial charge < -0.3 is 9.47 Å². The lowest BCUT2D eigenvalue weighted by molar-refractivity contribution is -0.168. The molecule has 5 fully saturated rings. The first-order chi connectivity index (χ1) is 15.0. The van der Waals surface area contributed by atoms with Crippen molar-refractivity contribution in [2.24, 2.45) is 23.7 Å². The standard InChI is InChI=1S/C26H36N2O3/c1-18-8-9-22-20(23(29)30-26(22)21(18)10-11-25(2)24(26)31-25)17-28-14-12-27(13-15-28)16-19-6-4-3-5-7-19/h3-7,18,20-22,24H,8-17H2,1-2H3/t18-,20?,21+,22+,24-,25-,26-/m1/s1. The first-order valence-corrected chi connectivity index (χ1v) is 12.4. The van der Waals surface area contributed by atoms with Crippen molar-refractivity contribution >= 4 is 5.97 Å². The van der Waals surface area contributed by atoms with Crippen molar-refractivity contribution in [3.05, 3.63) is 35.9 Å². The van der Waals surface area contributed by atoms with E-state index in [1.54, 1.807) is 0 Å². The molecule has 0 bridgehead atoms. The summed E-state index contributed by atoms with van der Waals surface area (Å²) < 4.78 is 12.6. The monoisotopic (exact) mass is 424 g/mol. The third-order valence-corrected chi connectivity index (χ3v) is 9.26. The van der Waals surface area contributed by atoms with E-state index < -0.39 is 0 Å². The van der Waals surface area contributed by atoms with Gasteiger partial charge in [0.15, 0.2) is 0 Å². The predicted octanol–water partition coefficient (Wildman–Crippen LogP) is 3.33. The molecule has 6 rings (SSSR count). The second-order valence-electron chi connectivity index (χ2n) is 11.1. The van der Waals surface area contributed by atoms with E-state index in [2.05, 4.69) is 54.0 Å². The molecule has 0 N–H and O–H groups in total. The predicted molar refractivity (Wildman–Crippen MR) is 118 cm³/mol. The Kier molecular flexibility index (Phi) is 4.75. The number of hydrogen-bond donors (Lipinski definition) is 0. The Morgan fingerprint density at radius 1 is 1.00 bits per heavy atom. The molecule has 1 aromatic carbocycles. The van der Waals surface area contributed by atoms with Gasteiger partial charge in [-0.25, -0.2) is 0 Å². The van der Waals surface area contributed by atoms with Crippen molar-refractivity contribution < 1.29 is 14.3 Å². The Balaban J connectivity index is 1.13. The van der Waals surface area contributed by atoms with Crippen molar-refractivity contribution in [3.8, 4) is 0 Å². The molecule has 3 heterocycles. The molecule has 2 aliphatic carbocycles. The lowest BCUT2D eigenvalue weighted by Gasteiger charge is -2.50. The van der Waals surface area contributed by atoms with Gasteiger partial charge in [0.25, 0.3) is 0 Å². The van der Waals surface area contributed by atoms with E-state index in [1.807, 2.05) is 0 Å². The van der Waals surface area contributed by atoms with E-state index in [0.717, 1.165) is 58.5 Å². The highest BCUT2D eigenvalue weighted by Crippen LogP contribution is 2.66. The van der Waals surface area contributed by atoms with Gasteiger partial charge in [0.2, 0.25) is 0 Å². The van der Waals surface area contributed by atoms with Crippen LogP contribution in [0, 0.1) is 23.7 Å². The van der Waals surface area contributed by atoms with Crippen molar-refractivity contribution in [1.82, 2.24) is 9.80 Å². The number of piperazine rings is 1. The van der Waals surface area contributed by atoms with Gasteiger partial charge in [-0.15, -0.1) is 0 Å². The number of rotatable bonds is 4. The summed E-state index contributed by atoms with van der Waals surface area (Å²) in [4.78, 5) is 18.3. The maximum atomic E-state index is 13.2. The fraction of sp³-hybridized carbons (Fsp3) is 0.731. The average Bonchev–Trinajstić information content (AvgIpc) is 3.40. The molecular formula is C26H36N2O3. The summed E-state index contributed by atoms with van der Waals surface area (Å²) in [6.07, 6.45) is 4.72. The first kappa shape index (κ1) is 20.2. The zero-order chi connectivity index (χ0) is 21.2. The second-order valence-corrected chi connectivity index (χ2v) is 11.1. The smallest absolute Gasteiger partial charge is 0.311 e. The van der Waals surface area contributed by atoms with Gasteiger partial charge in [-0.1, -0.05) is 37.3 Å². The molecule has 1 spiro atoms. The molecule has 31 heavy (non-hydrogen) atoms. The second kappa shape index (κ2) is 7.29. The van der Waals surface area contributed by atoms with Crippen LogP contribution in [0.3, 0.4) is 0 Å². The number of benzene rings is 1. The summed E-state index contributed by atoms with van der Waals surface area (Å²) >= 11 is 0. The summed E-state index contributed by atoms with van der Waals surface area (Å²) in [6, 6.07) is 10.7. The van der Waals surface area contributed by atoms with Gasteiger partial charge in [-0.3, -0.25) is 14.6 Å². The van der Waals surface area contributed by atoms with Gasteiger partial charge in [0.1, 0.15) is 11.7 Å². The van der Waals surface area contributed by atoms with Crippen LogP contribution in [0.25, 0.3) is 0 Å². The Hall–Kier alpha value is -1.43. The fourth-order valence-electron chi connectivity index (χ4n) is 7.51. The topological polar surface area (TPSA) is 45.3 Å². The molecule has 0 aromatic heterocycles. The Morgan fingerprint density at radius 2 is 1.74 bits per heavy atom. The van der Waals surface area contributed by atoms with Crippen LogP contribution in [0.5, 0.6) is 0 Å². The highest BCUT2D eigenvalue weighted by molar-refractivity contribution is 5.77. The van der Waals surface area contributed by atoms with E-state index in [1.165, 1.54) is 12.0 Å². The quantitative estimate of drug-likeness (QED) is 0.548. The zero-order valence-corrected chi connectivity index (χ0v) is 19.0. The first-order valence-electron chi connectivity index (χ1n) is 12.4. The van der Waals surface area contributed by atoms with Gasteiger partial charge in [0, 0.05) is 51.1 Å². The Morgan fingerprint density at radius 3 is 2.52 bits per heavy atom. The van der Waals surface area contributed by atoms with Crippen LogP contribution >= 0.6 is 0 Å². The van der Waals surface area contributed by atoms with Gasteiger partial charge in [-0.2, -0.15) is 0 Å². The van der Waals surface area contributed by atoms with Crippen molar-refractivity contribution in [3.63, 3.8) is 0 Å². The van der Waals surface area contributed by atoms with Crippen LogP contribution < -0.4 is 0 Å². The summed E-state index contributed by atoms with van der Waals surface area (Å²) in [5, 5.41) is 0. The maximum absolute atomic E-state index is 13.2. The number of carbonyl (C=O) groups is 1. The Labute approximate surface area is 186 Å². The molecule has 3 saturated heterocycles. The van der Waals surface area contributed by atoms with Crippen LogP contribution in [0.15, 0.2) is 30.3 Å². The molecule has 5 nitrogen and oxygen atoms in total. The minimum atomic E-state index is -0.346. The van der Waals surface area contributed by atoms with E-state index in [9.17, 15) is 4.79 Å². The van der Waals surface area contributed by atoms with Crippen LogP contribution in [-0.2, 0) is 20.8 Å². The molecule has 0 radical (unpaired) electrons. The number of esters is 1. The molecule has 5 aliphatic rings. The number of fused-ring (bicyclic) bond motifs is 1. The molecule has 0 amide bonds. The molecule has 2 saturated carbocycles. The maximum Gasteiger partial charge on any atom is 0.311 e. The summed E-state index contributed by atoms with van der Waals surface area (Å²) in [7, 11) is 0. The van der Waals surface area contributed by atoms with E-state index in [0.29, 0.717) is 17.8 Å². The van der Waals surface area contributed by atoms with Crippen molar-refractivity contribution in [2.75, 3.05) is 32.7 Å². The number of carbonyl (C=O) groups excluding carboxylic acids is 1. The van der Waals surface area contributed by atoms with Crippen LogP contribution in [0.1, 0.15) is 45.1 Å². The van der Waals surface area contributed by atoms with Gasteiger partial charge >= 0.3 is 5.97 Å². The summed E-state index contributed by atoms with van der Waals surface area (Å²) in [5.41, 5.74) is 0.982. The molecule has 1 unspecified atom stereocenters. The van der Waals surface area contributed by atoms with Crippen LogP contribution in [0.4, 0.5) is 0 Å². The Bertz CT molecular complexity index is 838. The lowest BCUT2D eigenvalue weighted by atomic mass is 9.55. The normalized spacial score (nSPS) is 44.8. The van der Waals surface area contributed by atoms with Gasteiger partial charge in [-0.05, 0) is 44.1 Å². The summed E-state index contributed by atoms with van der Waals surface area (Å²) in [6.45, 7) is 10.7. The molecule has 1 aromatic rings. The zero-order valence-electron chi connectivity index (χ0n) is 19.0. The van der Waals surface area contributed by atoms with Crippen LogP contribution in [-0.4, -0.2) is 65.8 Å². The largest absolute Gasteiger partial charge is 0.455 e. The van der Waals surface area contributed by atoms with E-state index in [-0.39, 0.29) is 29.2 Å². The van der Waals surface area contributed by atoms with Crippen molar-refractivity contribution in [1.29, 1.82) is 0 Å². The molecular weight excluding hydrogens is 388 g/mol. The highest BCUT2D eigenvalue weighted by Gasteiger charge is 2.77. The number of nitrogens with zero attached hydrogens (tertiary/aromatic N) is 2. The van der Waals surface area contributed by atoms with Gasteiger partial charge in [0.05, 0.1) is 11.5 Å². The SMILES string of the molecule is C[C@@H]1CC[C@H]2C(CN3CCN(Cc4ccccc4)CC3)C(=O)O[C@]23[C@H]1CC[C@@]1(C)O[C@@H]31. The average molecular weight is 425 g/mol. The lowest BCUT2D eigenvalue weighted by Crippen LogP contribution is -2.58.